The van der Waals surface area contributed by atoms with Gasteiger partial charge in [0.1, 0.15) is 17.6 Å². The molecular formula is C26H19ClN2O6S2. The number of hydrogen-bond acceptors (Lipinski definition) is 8. The van der Waals surface area contributed by atoms with Crippen LogP contribution in [0.2, 0.25) is 5.02 Å². The Morgan fingerprint density at radius 1 is 1.27 bits per heavy atom. The van der Waals surface area contributed by atoms with Crippen LogP contribution in [0.5, 0.6) is 0 Å². The van der Waals surface area contributed by atoms with Gasteiger partial charge in [0.2, 0.25) is 0 Å². The highest BCUT2D eigenvalue weighted by atomic mass is 35.5. The Balaban J connectivity index is 1.58. The number of hydrogen-bond donors (Lipinski definition) is 1. The normalized spacial score (nSPS) is 15.4. The van der Waals surface area contributed by atoms with E-state index in [9.17, 15) is 19.5 Å². The zero-order chi connectivity index (χ0) is 26.3. The first kappa shape index (κ1) is 24.9. The summed E-state index contributed by atoms with van der Waals surface area (Å²) in [6.45, 7) is 3.68. The van der Waals surface area contributed by atoms with Crippen molar-refractivity contribution in [3.63, 3.8) is 0 Å². The lowest BCUT2D eigenvalue weighted by molar-refractivity contribution is -0.139. The lowest BCUT2D eigenvalue weighted by Gasteiger charge is -2.23. The van der Waals surface area contributed by atoms with Gasteiger partial charge in [-0.15, -0.1) is 11.3 Å². The SMILES string of the molecule is CCOC(=O)C1=C(C)N=c2s/c(=C\c3ccc(-c4ccc(C(=O)O)c(Cl)c4)o3)c(=O)n2[C@H]1c1cccs1. The van der Waals surface area contributed by atoms with Crippen molar-refractivity contribution >= 4 is 52.3 Å². The van der Waals surface area contributed by atoms with Crippen molar-refractivity contribution in [2.75, 3.05) is 6.61 Å². The van der Waals surface area contributed by atoms with Crippen LogP contribution in [-0.4, -0.2) is 28.2 Å². The van der Waals surface area contributed by atoms with Gasteiger partial charge in [-0.2, -0.15) is 0 Å². The van der Waals surface area contributed by atoms with Crippen molar-refractivity contribution < 1.29 is 23.8 Å². The molecule has 188 valence electrons. The number of ether oxygens (including phenoxy) is 1. The third-order valence-corrected chi connectivity index (χ3v) is 7.93. The second kappa shape index (κ2) is 9.97. The third kappa shape index (κ3) is 4.59. The van der Waals surface area contributed by atoms with Crippen LogP contribution in [0.25, 0.3) is 17.4 Å². The summed E-state index contributed by atoms with van der Waals surface area (Å²) in [6, 6.07) is 11.1. The molecule has 0 saturated heterocycles. The molecule has 5 rings (SSSR count). The number of carbonyl (C=O) groups is 2. The summed E-state index contributed by atoms with van der Waals surface area (Å²) >= 11 is 8.74. The molecule has 0 bridgehead atoms. The number of esters is 1. The van der Waals surface area contributed by atoms with Crippen LogP contribution in [0.1, 0.15) is 40.9 Å². The molecule has 37 heavy (non-hydrogen) atoms. The lowest BCUT2D eigenvalue weighted by atomic mass is 10.0. The van der Waals surface area contributed by atoms with E-state index in [-0.39, 0.29) is 22.8 Å². The minimum atomic E-state index is -1.12. The Hall–Kier alpha value is -3.73. The van der Waals surface area contributed by atoms with E-state index < -0.39 is 18.0 Å². The number of aromatic nitrogens is 1. The summed E-state index contributed by atoms with van der Waals surface area (Å²) in [5, 5.41) is 11.2. The fourth-order valence-corrected chi connectivity index (χ4v) is 6.18. The van der Waals surface area contributed by atoms with Crippen LogP contribution in [0.15, 0.2) is 73.3 Å². The highest BCUT2D eigenvalue weighted by molar-refractivity contribution is 7.10. The zero-order valence-corrected chi connectivity index (χ0v) is 21.9. The van der Waals surface area contributed by atoms with Gasteiger partial charge in [-0.25, -0.2) is 14.6 Å². The molecule has 1 aromatic carbocycles. The largest absolute Gasteiger partial charge is 0.478 e. The van der Waals surface area contributed by atoms with Gasteiger partial charge < -0.3 is 14.3 Å². The molecule has 11 heteroatoms. The number of fused-ring (bicyclic) bond motifs is 1. The number of furan rings is 1. The predicted octanol–water partition coefficient (Wildman–Crippen LogP) is 4.47. The number of thiophene rings is 1. The second-order valence-electron chi connectivity index (χ2n) is 8.02. The molecule has 1 aliphatic heterocycles. The van der Waals surface area contributed by atoms with E-state index in [0.717, 1.165) is 4.88 Å². The molecule has 0 fully saturated rings. The number of benzene rings is 1. The Labute approximate surface area is 223 Å². The third-order valence-electron chi connectivity index (χ3n) is 5.71. The number of rotatable bonds is 6. The van der Waals surface area contributed by atoms with E-state index in [4.69, 9.17) is 20.8 Å². The summed E-state index contributed by atoms with van der Waals surface area (Å²) in [5.41, 5.74) is 1.14. The van der Waals surface area contributed by atoms with E-state index in [2.05, 4.69) is 4.99 Å². The van der Waals surface area contributed by atoms with Crippen molar-refractivity contribution in [3.8, 4) is 11.3 Å². The van der Waals surface area contributed by atoms with Gasteiger partial charge in [-0.05, 0) is 49.6 Å². The minimum absolute atomic E-state index is 0.00363. The molecule has 0 saturated carbocycles. The molecule has 3 aromatic heterocycles. The van der Waals surface area contributed by atoms with Crippen LogP contribution in [0.4, 0.5) is 0 Å². The van der Waals surface area contributed by atoms with E-state index in [1.165, 1.54) is 39.4 Å². The fraction of sp³-hybridized carbons (Fsp3) is 0.154. The van der Waals surface area contributed by atoms with Crippen LogP contribution in [-0.2, 0) is 9.53 Å². The van der Waals surface area contributed by atoms with Crippen molar-refractivity contribution in [2.45, 2.75) is 19.9 Å². The molecule has 0 aliphatic carbocycles. The molecule has 4 heterocycles. The van der Waals surface area contributed by atoms with Gasteiger partial charge in [-0.1, -0.05) is 35.1 Å². The maximum Gasteiger partial charge on any atom is 0.338 e. The van der Waals surface area contributed by atoms with Gasteiger partial charge in [0.05, 0.1) is 33.0 Å². The van der Waals surface area contributed by atoms with Gasteiger partial charge in [0, 0.05) is 16.5 Å². The standard InChI is InChI=1S/C26H19ClN2O6S2/c1-3-34-25(33)21-13(2)28-26-29(22(21)19-5-4-10-36-19)23(30)20(37-26)12-15-7-9-18(35-15)14-6-8-16(24(31)32)17(27)11-14/h4-12,22H,3H2,1-2H3,(H,31,32)/b20-12-/t22-/m0/s1. The average Bonchev–Trinajstić information content (AvgIpc) is 3.60. The molecule has 8 nitrogen and oxygen atoms in total. The number of carboxylic acids is 1. The van der Waals surface area contributed by atoms with Gasteiger partial charge in [0.15, 0.2) is 4.80 Å². The molecule has 1 N–H and O–H groups in total. The Morgan fingerprint density at radius 3 is 2.76 bits per heavy atom. The molecular weight excluding hydrogens is 536 g/mol. The summed E-state index contributed by atoms with van der Waals surface area (Å²) in [6.07, 6.45) is 1.62. The fourth-order valence-electron chi connectivity index (χ4n) is 4.06. The monoisotopic (exact) mass is 554 g/mol. The number of allylic oxidation sites excluding steroid dienone is 1. The molecule has 1 atom stereocenters. The van der Waals surface area contributed by atoms with Gasteiger partial charge in [-0.3, -0.25) is 9.36 Å². The van der Waals surface area contributed by atoms with E-state index in [1.807, 2.05) is 17.5 Å². The summed E-state index contributed by atoms with van der Waals surface area (Å²) in [4.78, 5) is 43.5. The van der Waals surface area contributed by atoms with Crippen molar-refractivity contribution in [2.24, 2.45) is 4.99 Å². The number of halogens is 1. The predicted molar refractivity (Wildman–Crippen MR) is 141 cm³/mol. The lowest BCUT2D eigenvalue weighted by Crippen LogP contribution is -2.39. The topological polar surface area (TPSA) is 111 Å². The second-order valence-corrected chi connectivity index (χ2v) is 10.4. The molecule has 0 radical (unpaired) electrons. The van der Waals surface area contributed by atoms with E-state index in [0.29, 0.717) is 37.7 Å². The van der Waals surface area contributed by atoms with Crippen molar-refractivity contribution in [3.05, 3.63) is 100 Å². The Morgan fingerprint density at radius 2 is 2.08 bits per heavy atom. The molecule has 4 aromatic rings. The summed E-state index contributed by atoms with van der Waals surface area (Å²) < 4.78 is 13.1. The quantitative estimate of drug-likeness (QED) is 0.352. The number of nitrogens with zero attached hydrogens (tertiary/aromatic N) is 2. The highest BCUT2D eigenvalue weighted by Gasteiger charge is 2.33. The first-order chi connectivity index (χ1) is 17.8. The minimum Gasteiger partial charge on any atom is -0.478 e. The first-order valence-corrected chi connectivity index (χ1v) is 13.2. The number of thiazole rings is 1. The maximum absolute atomic E-state index is 13.6. The smallest absolute Gasteiger partial charge is 0.338 e. The van der Waals surface area contributed by atoms with E-state index >= 15 is 0 Å². The molecule has 0 amide bonds. The van der Waals surface area contributed by atoms with Gasteiger partial charge in [0.25, 0.3) is 5.56 Å². The van der Waals surface area contributed by atoms with Crippen LogP contribution >= 0.6 is 34.3 Å². The van der Waals surface area contributed by atoms with Gasteiger partial charge >= 0.3 is 11.9 Å². The summed E-state index contributed by atoms with van der Waals surface area (Å²) in [7, 11) is 0. The molecule has 0 unspecified atom stereocenters. The van der Waals surface area contributed by atoms with Crippen LogP contribution in [0.3, 0.4) is 0 Å². The Kier molecular flexibility index (Phi) is 6.72. The molecule has 0 spiro atoms. The summed E-state index contributed by atoms with van der Waals surface area (Å²) in [5.74, 6) is -0.726. The van der Waals surface area contributed by atoms with Crippen LogP contribution < -0.4 is 14.9 Å². The number of aromatic carboxylic acids is 1. The number of carbonyl (C=O) groups excluding carboxylic acids is 1. The average molecular weight is 555 g/mol. The maximum atomic E-state index is 13.6. The zero-order valence-electron chi connectivity index (χ0n) is 19.6. The first-order valence-electron chi connectivity index (χ1n) is 11.1. The van der Waals surface area contributed by atoms with E-state index in [1.54, 1.807) is 38.1 Å². The van der Waals surface area contributed by atoms with Crippen molar-refractivity contribution in [1.29, 1.82) is 0 Å². The number of carboxylic acid groups (broad SMARTS) is 1. The molecule has 1 aliphatic rings. The van der Waals surface area contributed by atoms with Crippen molar-refractivity contribution in [1.82, 2.24) is 4.57 Å². The highest BCUT2D eigenvalue weighted by Crippen LogP contribution is 2.33. The Bertz CT molecular complexity index is 1740. The van der Waals surface area contributed by atoms with Crippen LogP contribution in [0, 0.1) is 0 Å².